The molecule has 106 valence electrons. The molecule has 1 aliphatic heterocycles. The summed E-state index contributed by atoms with van der Waals surface area (Å²) >= 11 is 0. The lowest BCUT2D eigenvalue weighted by atomic mass is 10.1. The summed E-state index contributed by atoms with van der Waals surface area (Å²) in [4.78, 5) is 0. The summed E-state index contributed by atoms with van der Waals surface area (Å²) in [6, 6.07) is 3.36. The van der Waals surface area contributed by atoms with Crippen LogP contribution < -0.4 is 5.32 Å². The van der Waals surface area contributed by atoms with Gasteiger partial charge in [0.15, 0.2) is 5.79 Å². The Balaban J connectivity index is 1.96. The van der Waals surface area contributed by atoms with Crippen LogP contribution in [0.25, 0.3) is 0 Å². The monoisotopic (exact) mass is 271 g/mol. The molecule has 2 rings (SSSR count). The molecule has 1 aromatic rings. The number of nitrogens with one attached hydrogen (secondary N) is 1. The van der Waals surface area contributed by atoms with Crippen molar-refractivity contribution in [1.29, 1.82) is 0 Å². The minimum Gasteiger partial charge on any atom is -0.349 e. The predicted octanol–water partition coefficient (Wildman–Crippen LogP) is 2.77. The van der Waals surface area contributed by atoms with Crippen molar-refractivity contribution in [2.24, 2.45) is 0 Å². The van der Waals surface area contributed by atoms with Crippen molar-refractivity contribution in [3.63, 3.8) is 0 Å². The third kappa shape index (κ3) is 3.72. The molecule has 1 fully saturated rings. The van der Waals surface area contributed by atoms with Crippen LogP contribution in [0.4, 0.5) is 8.78 Å². The summed E-state index contributed by atoms with van der Waals surface area (Å²) in [5.41, 5.74) is 0.436. The van der Waals surface area contributed by atoms with E-state index in [2.05, 4.69) is 5.32 Å². The second kappa shape index (κ2) is 5.53. The molecule has 1 unspecified atom stereocenters. The molecule has 1 N–H and O–H groups in total. The maximum absolute atomic E-state index is 13.6. The highest BCUT2D eigenvalue weighted by Gasteiger charge is 2.29. The molecule has 0 radical (unpaired) electrons. The Kier molecular flexibility index (Phi) is 4.18. The highest BCUT2D eigenvalue weighted by Crippen LogP contribution is 2.21. The van der Waals surface area contributed by atoms with Gasteiger partial charge in [-0.05, 0) is 26.8 Å². The molecule has 1 atom stereocenters. The first kappa shape index (κ1) is 14.4. The van der Waals surface area contributed by atoms with Crippen LogP contribution in [0.5, 0.6) is 0 Å². The van der Waals surface area contributed by atoms with E-state index in [9.17, 15) is 8.78 Å². The van der Waals surface area contributed by atoms with Crippen LogP contribution >= 0.6 is 0 Å². The Morgan fingerprint density at radius 2 is 1.89 bits per heavy atom. The molecule has 1 aromatic carbocycles. The van der Waals surface area contributed by atoms with Gasteiger partial charge < -0.3 is 14.8 Å². The number of ether oxygens (including phenoxy) is 2. The van der Waals surface area contributed by atoms with Gasteiger partial charge in [-0.2, -0.15) is 0 Å². The molecule has 1 heterocycles. The number of benzene rings is 1. The highest BCUT2D eigenvalue weighted by molar-refractivity contribution is 5.21. The average Bonchev–Trinajstić information content (AvgIpc) is 2.31. The van der Waals surface area contributed by atoms with Crippen LogP contribution in [-0.2, 0) is 9.47 Å². The van der Waals surface area contributed by atoms with Gasteiger partial charge in [0.05, 0.1) is 19.3 Å². The summed E-state index contributed by atoms with van der Waals surface area (Å²) in [6.45, 7) is 6.54. The smallest absolute Gasteiger partial charge is 0.162 e. The van der Waals surface area contributed by atoms with Crippen molar-refractivity contribution in [2.75, 3.05) is 13.2 Å². The van der Waals surface area contributed by atoms with Gasteiger partial charge in [0.1, 0.15) is 11.6 Å². The van der Waals surface area contributed by atoms with Crippen LogP contribution in [0, 0.1) is 11.6 Å². The molecule has 0 aliphatic carbocycles. The maximum atomic E-state index is 13.6. The predicted molar refractivity (Wildman–Crippen MR) is 67.7 cm³/mol. The van der Waals surface area contributed by atoms with E-state index in [1.54, 1.807) is 0 Å². The van der Waals surface area contributed by atoms with Gasteiger partial charge in [0, 0.05) is 17.7 Å². The van der Waals surface area contributed by atoms with Gasteiger partial charge in [0.2, 0.25) is 0 Å². The fraction of sp³-hybridized carbons (Fsp3) is 0.571. The van der Waals surface area contributed by atoms with Gasteiger partial charge in [-0.3, -0.25) is 0 Å². The van der Waals surface area contributed by atoms with E-state index in [1.807, 2.05) is 20.8 Å². The van der Waals surface area contributed by atoms with Crippen molar-refractivity contribution in [2.45, 2.75) is 38.6 Å². The maximum Gasteiger partial charge on any atom is 0.162 e. The molecular weight excluding hydrogens is 252 g/mol. The number of hydrogen-bond acceptors (Lipinski definition) is 3. The average molecular weight is 271 g/mol. The minimum absolute atomic E-state index is 0.00696. The molecule has 19 heavy (non-hydrogen) atoms. The topological polar surface area (TPSA) is 30.5 Å². The molecule has 0 amide bonds. The second-order valence-corrected chi connectivity index (χ2v) is 5.27. The molecule has 0 saturated carbocycles. The minimum atomic E-state index is -0.570. The lowest BCUT2D eigenvalue weighted by Crippen LogP contribution is -2.49. The first-order chi connectivity index (χ1) is 8.87. The van der Waals surface area contributed by atoms with Crippen LogP contribution in [0.15, 0.2) is 18.2 Å². The Hall–Kier alpha value is -1.04. The molecule has 0 bridgehead atoms. The number of halogens is 2. The van der Waals surface area contributed by atoms with Crippen molar-refractivity contribution in [3.05, 3.63) is 35.4 Å². The van der Waals surface area contributed by atoms with E-state index in [4.69, 9.17) is 9.47 Å². The number of hydrogen-bond donors (Lipinski definition) is 1. The lowest BCUT2D eigenvalue weighted by Gasteiger charge is -2.36. The third-order valence-corrected chi connectivity index (χ3v) is 3.18. The first-order valence-corrected chi connectivity index (χ1v) is 6.36. The van der Waals surface area contributed by atoms with E-state index in [0.717, 1.165) is 6.07 Å². The zero-order valence-corrected chi connectivity index (χ0v) is 11.4. The van der Waals surface area contributed by atoms with E-state index < -0.39 is 17.4 Å². The van der Waals surface area contributed by atoms with Crippen molar-refractivity contribution in [1.82, 2.24) is 5.32 Å². The van der Waals surface area contributed by atoms with Crippen LogP contribution in [-0.4, -0.2) is 25.0 Å². The first-order valence-electron chi connectivity index (χ1n) is 6.36. The van der Waals surface area contributed by atoms with Gasteiger partial charge in [-0.25, -0.2) is 8.78 Å². The summed E-state index contributed by atoms with van der Waals surface area (Å²) < 4.78 is 37.5. The quantitative estimate of drug-likeness (QED) is 0.917. The van der Waals surface area contributed by atoms with E-state index >= 15 is 0 Å². The largest absolute Gasteiger partial charge is 0.349 e. The Morgan fingerprint density at radius 1 is 1.26 bits per heavy atom. The van der Waals surface area contributed by atoms with E-state index in [1.165, 1.54) is 12.1 Å². The standard InChI is InChI=1S/C14H19F2NO2/c1-9(12-5-4-10(15)6-13(12)16)17-11-7-18-14(2,3)19-8-11/h4-6,9,11,17H,7-8H2,1-3H3. The van der Waals surface area contributed by atoms with Crippen molar-refractivity contribution >= 4 is 0 Å². The van der Waals surface area contributed by atoms with Crippen molar-refractivity contribution < 1.29 is 18.3 Å². The fourth-order valence-electron chi connectivity index (χ4n) is 2.08. The van der Waals surface area contributed by atoms with Gasteiger partial charge in [-0.1, -0.05) is 6.07 Å². The highest BCUT2D eigenvalue weighted by atomic mass is 19.1. The molecule has 1 saturated heterocycles. The normalized spacial score (nSPS) is 21.3. The van der Waals surface area contributed by atoms with Gasteiger partial charge in [0.25, 0.3) is 0 Å². The zero-order chi connectivity index (χ0) is 14.0. The molecular formula is C14H19F2NO2. The second-order valence-electron chi connectivity index (χ2n) is 5.27. The lowest BCUT2D eigenvalue weighted by molar-refractivity contribution is -0.253. The summed E-state index contributed by atoms with van der Waals surface area (Å²) in [6.07, 6.45) is 0. The molecule has 3 nitrogen and oxygen atoms in total. The Labute approximate surface area is 111 Å². The Bertz CT molecular complexity index is 441. The van der Waals surface area contributed by atoms with Gasteiger partial charge in [-0.15, -0.1) is 0 Å². The van der Waals surface area contributed by atoms with Crippen LogP contribution in [0.3, 0.4) is 0 Å². The number of rotatable bonds is 3. The zero-order valence-electron chi connectivity index (χ0n) is 11.4. The molecule has 0 spiro atoms. The fourth-order valence-corrected chi connectivity index (χ4v) is 2.08. The summed E-state index contributed by atoms with van der Waals surface area (Å²) in [7, 11) is 0. The third-order valence-electron chi connectivity index (χ3n) is 3.18. The molecule has 0 aromatic heterocycles. The van der Waals surface area contributed by atoms with Crippen LogP contribution in [0.1, 0.15) is 32.4 Å². The molecule has 5 heteroatoms. The van der Waals surface area contributed by atoms with Crippen molar-refractivity contribution in [3.8, 4) is 0 Å². The van der Waals surface area contributed by atoms with Crippen LogP contribution in [0.2, 0.25) is 0 Å². The van der Waals surface area contributed by atoms with E-state index in [-0.39, 0.29) is 12.1 Å². The summed E-state index contributed by atoms with van der Waals surface area (Å²) in [5.74, 6) is -1.68. The van der Waals surface area contributed by atoms with E-state index in [0.29, 0.717) is 18.8 Å². The summed E-state index contributed by atoms with van der Waals surface area (Å²) in [5, 5.41) is 3.22. The Morgan fingerprint density at radius 3 is 2.47 bits per heavy atom. The van der Waals surface area contributed by atoms with Gasteiger partial charge >= 0.3 is 0 Å². The SMILES string of the molecule is CC(NC1COC(C)(C)OC1)c1ccc(F)cc1F. The molecule has 1 aliphatic rings.